The summed E-state index contributed by atoms with van der Waals surface area (Å²) in [5.41, 5.74) is 9.08. The summed E-state index contributed by atoms with van der Waals surface area (Å²) in [4.78, 5) is 17.3. The quantitative estimate of drug-likeness (QED) is 0.660. The van der Waals surface area contributed by atoms with Crippen LogP contribution in [0, 0.1) is 0 Å². The van der Waals surface area contributed by atoms with Crippen LogP contribution in [0.5, 0.6) is 0 Å². The van der Waals surface area contributed by atoms with Crippen LogP contribution in [0.1, 0.15) is 5.69 Å². The second-order valence-electron chi connectivity index (χ2n) is 7.28. The second-order valence-corrected chi connectivity index (χ2v) is 7.71. The number of anilines is 1. The molecule has 6 nitrogen and oxygen atoms in total. The summed E-state index contributed by atoms with van der Waals surface area (Å²) in [7, 11) is 1.88. The number of aromatic nitrogens is 2. The number of rotatable bonds is 5. The third-order valence-electron chi connectivity index (χ3n) is 4.99. The number of pyridine rings is 1. The van der Waals surface area contributed by atoms with Crippen LogP contribution in [0.3, 0.4) is 0 Å². The smallest absolute Gasteiger partial charge is 0.369 e. The Hall–Kier alpha value is -2.78. The van der Waals surface area contributed by atoms with E-state index in [1.54, 1.807) is 23.2 Å². The summed E-state index contributed by atoms with van der Waals surface area (Å²) in [6.45, 7) is 0.253. The highest BCUT2D eigenvalue weighted by Crippen LogP contribution is 2.36. The number of ether oxygens (including phenoxy) is 1. The van der Waals surface area contributed by atoms with Gasteiger partial charge in [0.25, 0.3) is 0 Å². The molecule has 1 saturated heterocycles. The molecule has 0 aliphatic carbocycles. The number of fused-ring (bicyclic) bond motifs is 1. The predicted octanol–water partition coefficient (Wildman–Crippen LogP) is 3.65. The number of carbonyl (C=O) groups excluding carboxylic acids is 1. The first-order valence-electron chi connectivity index (χ1n) is 9.12. The van der Waals surface area contributed by atoms with E-state index in [1.165, 1.54) is 0 Å². The Labute approximate surface area is 175 Å². The summed E-state index contributed by atoms with van der Waals surface area (Å²) >= 11 is 6.31. The fourth-order valence-electron chi connectivity index (χ4n) is 3.65. The van der Waals surface area contributed by atoms with Crippen LogP contribution in [-0.2, 0) is 23.0 Å². The van der Waals surface area contributed by atoms with Gasteiger partial charge < -0.3 is 15.2 Å². The van der Waals surface area contributed by atoms with Gasteiger partial charge in [0.15, 0.2) is 0 Å². The van der Waals surface area contributed by atoms with Crippen molar-refractivity contribution >= 4 is 34.1 Å². The Morgan fingerprint density at radius 1 is 1.30 bits per heavy atom. The van der Waals surface area contributed by atoms with E-state index in [2.05, 4.69) is 9.72 Å². The lowest BCUT2D eigenvalue weighted by molar-refractivity contribution is -0.344. The van der Waals surface area contributed by atoms with Gasteiger partial charge in [0, 0.05) is 48.0 Å². The van der Waals surface area contributed by atoms with E-state index >= 15 is 0 Å². The minimum atomic E-state index is -4.64. The predicted molar refractivity (Wildman–Crippen MR) is 107 cm³/mol. The maximum absolute atomic E-state index is 12.4. The van der Waals surface area contributed by atoms with E-state index in [0.29, 0.717) is 16.4 Å². The number of aryl methyl sites for hydroxylation is 1. The number of hydrogen-bond donors (Lipinski definition) is 1. The van der Waals surface area contributed by atoms with Crippen LogP contribution >= 0.6 is 11.6 Å². The van der Waals surface area contributed by atoms with Gasteiger partial charge in [-0.1, -0.05) is 11.6 Å². The molecule has 1 aliphatic rings. The lowest BCUT2D eigenvalue weighted by Crippen LogP contribution is -2.54. The fourth-order valence-corrected chi connectivity index (χ4v) is 3.88. The molecule has 3 aromatic rings. The van der Waals surface area contributed by atoms with Crippen LogP contribution in [0.2, 0.25) is 5.02 Å². The van der Waals surface area contributed by atoms with Gasteiger partial charge in [0.05, 0.1) is 23.8 Å². The number of primary amides is 1. The minimum absolute atomic E-state index is 0.0272. The first-order valence-corrected chi connectivity index (χ1v) is 9.49. The number of amides is 1. The number of carbonyl (C=O) groups is 1. The zero-order chi connectivity index (χ0) is 21.6. The van der Waals surface area contributed by atoms with Gasteiger partial charge in [-0.25, -0.2) is 0 Å². The molecule has 0 saturated carbocycles. The Morgan fingerprint density at radius 3 is 2.70 bits per heavy atom. The van der Waals surface area contributed by atoms with Crippen molar-refractivity contribution in [2.24, 2.45) is 12.8 Å². The molecule has 0 bridgehead atoms. The van der Waals surface area contributed by atoms with Crippen molar-refractivity contribution in [2.75, 3.05) is 18.0 Å². The number of nitrogens with zero attached hydrogens (tertiary/aromatic N) is 3. The van der Waals surface area contributed by atoms with Crippen LogP contribution in [0.15, 0.2) is 36.7 Å². The normalized spacial score (nSPS) is 14.9. The van der Waals surface area contributed by atoms with Crippen molar-refractivity contribution in [3.63, 3.8) is 0 Å². The highest BCUT2D eigenvalue weighted by molar-refractivity contribution is 6.31. The Morgan fingerprint density at radius 2 is 2.03 bits per heavy atom. The molecule has 1 amide bonds. The molecule has 0 radical (unpaired) electrons. The largest absolute Gasteiger partial charge is 0.522 e. The summed E-state index contributed by atoms with van der Waals surface area (Å²) in [5, 5.41) is 1.34. The minimum Gasteiger partial charge on any atom is -0.369 e. The van der Waals surface area contributed by atoms with Gasteiger partial charge in [-0.2, -0.15) is 0 Å². The third-order valence-corrected chi connectivity index (χ3v) is 5.21. The monoisotopic (exact) mass is 438 g/mol. The molecule has 2 N–H and O–H groups in total. The summed E-state index contributed by atoms with van der Waals surface area (Å²) in [5.74, 6) is -0.474. The average molecular weight is 439 g/mol. The molecule has 158 valence electrons. The molecular weight excluding hydrogens is 421 g/mol. The molecule has 0 atom stereocenters. The molecule has 1 aliphatic heterocycles. The van der Waals surface area contributed by atoms with Crippen LogP contribution < -0.4 is 10.6 Å². The number of benzene rings is 1. The number of nitrogens with two attached hydrogens (primary N) is 1. The second kappa shape index (κ2) is 7.48. The standard InChI is InChI=1S/C20H18ClF3N4O2/c1-27-10-17(16-5-13(6-19(25)29)26-7-18(16)27)11-2-12(21)4-14(3-11)28-8-15(9-28)30-20(22,23)24/h2-5,7,10,15H,6,8-9H2,1H3,(H2,25,29). The molecule has 0 spiro atoms. The van der Waals surface area contributed by atoms with Gasteiger partial charge in [-0.15, -0.1) is 13.2 Å². The van der Waals surface area contributed by atoms with E-state index in [0.717, 1.165) is 22.0 Å². The van der Waals surface area contributed by atoms with Crippen LogP contribution in [0.4, 0.5) is 18.9 Å². The van der Waals surface area contributed by atoms with Crippen molar-refractivity contribution in [3.8, 4) is 11.1 Å². The Kier molecular flexibility index (Phi) is 5.11. The highest BCUT2D eigenvalue weighted by atomic mass is 35.5. The van der Waals surface area contributed by atoms with Gasteiger partial charge in [0.2, 0.25) is 5.91 Å². The zero-order valence-electron chi connectivity index (χ0n) is 15.9. The molecule has 2 aromatic heterocycles. The molecule has 3 heterocycles. The summed E-state index contributed by atoms with van der Waals surface area (Å²) in [6, 6.07) is 7.18. The average Bonchev–Trinajstić information content (AvgIpc) is 2.92. The maximum Gasteiger partial charge on any atom is 0.522 e. The van der Waals surface area contributed by atoms with E-state index in [9.17, 15) is 18.0 Å². The van der Waals surface area contributed by atoms with Crippen molar-refractivity contribution in [3.05, 3.63) is 47.4 Å². The summed E-state index contributed by atoms with van der Waals surface area (Å²) in [6.07, 6.45) is -1.92. The van der Waals surface area contributed by atoms with E-state index in [4.69, 9.17) is 17.3 Å². The number of alkyl halides is 3. The van der Waals surface area contributed by atoms with Gasteiger partial charge >= 0.3 is 6.36 Å². The van der Waals surface area contributed by atoms with Crippen LogP contribution in [0.25, 0.3) is 22.0 Å². The fraction of sp³-hybridized carbons (Fsp3) is 0.300. The Bertz CT molecular complexity index is 1120. The summed E-state index contributed by atoms with van der Waals surface area (Å²) < 4.78 is 43.1. The van der Waals surface area contributed by atoms with Crippen molar-refractivity contribution < 1.29 is 22.7 Å². The number of halogens is 4. The third kappa shape index (κ3) is 4.22. The van der Waals surface area contributed by atoms with Crippen molar-refractivity contribution in [1.82, 2.24) is 9.55 Å². The van der Waals surface area contributed by atoms with Crippen LogP contribution in [-0.4, -0.2) is 41.0 Å². The van der Waals surface area contributed by atoms with Crippen molar-refractivity contribution in [1.29, 1.82) is 0 Å². The molecule has 1 fully saturated rings. The topological polar surface area (TPSA) is 73.4 Å². The molecule has 4 rings (SSSR count). The lowest BCUT2D eigenvalue weighted by atomic mass is 10.0. The van der Waals surface area contributed by atoms with E-state index in [1.807, 2.05) is 29.9 Å². The SMILES string of the molecule is Cn1cc(-c2cc(Cl)cc(N3CC(OC(F)(F)F)C3)c2)c2cc(CC(N)=O)ncc21. The van der Waals surface area contributed by atoms with E-state index in [-0.39, 0.29) is 19.5 Å². The van der Waals surface area contributed by atoms with E-state index < -0.39 is 18.4 Å². The Balaban J connectivity index is 1.66. The van der Waals surface area contributed by atoms with Gasteiger partial charge in [-0.05, 0) is 29.8 Å². The first kappa shape index (κ1) is 20.5. The lowest BCUT2D eigenvalue weighted by Gasteiger charge is -2.40. The molecule has 0 unspecified atom stereocenters. The molecular formula is C20H18ClF3N4O2. The van der Waals surface area contributed by atoms with Gasteiger partial charge in [-0.3, -0.25) is 14.5 Å². The van der Waals surface area contributed by atoms with Crippen molar-refractivity contribution in [2.45, 2.75) is 18.9 Å². The van der Waals surface area contributed by atoms with Gasteiger partial charge in [0.1, 0.15) is 6.10 Å². The highest BCUT2D eigenvalue weighted by Gasteiger charge is 2.39. The molecule has 1 aromatic carbocycles. The molecule has 10 heteroatoms. The number of hydrogen-bond acceptors (Lipinski definition) is 4. The first-order chi connectivity index (χ1) is 14.1. The zero-order valence-corrected chi connectivity index (χ0v) is 16.7. The maximum atomic E-state index is 12.4. The molecule has 30 heavy (non-hydrogen) atoms.